The molecule has 0 saturated carbocycles. The first-order valence-corrected chi connectivity index (χ1v) is 12.7. The van der Waals surface area contributed by atoms with Crippen molar-refractivity contribution in [2.24, 2.45) is 0 Å². The van der Waals surface area contributed by atoms with Gasteiger partial charge in [0.1, 0.15) is 5.75 Å². The molecule has 0 spiro atoms. The predicted octanol–water partition coefficient (Wildman–Crippen LogP) is 6.95. The van der Waals surface area contributed by atoms with Crippen molar-refractivity contribution in [3.8, 4) is 28.7 Å². The van der Waals surface area contributed by atoms with E-state index in [0.29, 0.717) is 33.7 Å². The Morgan fingerprint density at radius 3 is 2.18 bits per heavy atom. The molecule has 38 heavy (non-hydrogen) atoms. The number of hydrogen-bond acceptors (Lipinski definition) is 7. The Bertz CT molecular complexity index is 1520. The summed E-state index contributed by atoms with van der Waals surface area (Å²) in [4.78, 5) is 15.3. The number of hydrogen-bond donors (Lipinski definition) is 0. The molecule has 1 aliphatic heterocycles. The van der Waals surface area contributed by atoms with Gasteiger partial charge in [-0.1, -0.05) is 35.5 Å². The van der Waals surface area contributed by atoms with Crippen LogP contribution in [0.5, 0.6) is 23.0 Å². The minimum absolute atomic E-state index is 0.244. The first-order valence-electron chi connectivity index (χ1n) is 11.5. The van der Waals surface area contributed by atoms with E-state index in [4.69, 9.17) is 35.3 Å². The summed E-state index contributed by atoms with van der Waals surface area (Å²) in [5.74, 6) is 1.63. The first-order chi connectivity index (χ1) is 18.5. The number of aromatic nitrogens is 1. The average Bonchev–Trinajstić information content (AvgIpc) is 3.40. The fourth-order valence-corrected chi connectivity index (χ4v) is 5.47. The van der Waals surface area contributed by atoms with Crippen molar-refractivity contribution in [1.29, 1.82) is 0 Å². The Morgan fingerprint density at radius 1 is 0.842 bits per heavy atom. The molecule has 5 rings (SSSR count). The van der Waals surface area contributed by atoms with E-state index in [2.05, 4.69) is 0 Å². The molecule has 0 radical (unpaired) electrons. The van der Waals surface area contributed by atoms with Gasteiger partial charge >= 0.3 is 5.97 Å². The largest absolute Gasteiger partial charge is 0.497 e. The lowest BCUT2D eigenvalue weighted by molar-refractivity contribution is 0.0691. The highest BCUT2D eigenvalue weighted by Gasteiger charge is 2.28. The number of ether oxygens (including phenoxy) is 5. The van der Waals surface area contributed by atoms with Gasteiger partial charge in [-0.3, -0.25) is 0 Å². The summed E-state index contributed by atoms with van der Waals surface area (Å²) in [6, 6.07) is 20.2. The zero-order valence-electron chi connectivity index (χ0n) is 21.1. The highest BCUT2D eigenvalue weighted by molar-refractivity contribution is 8.08. The van der Waals surface area contributed by atoms with E-state index in [-0.39, 0.29) is 5.56 Å². The van der Waals surface area contributed by atoms with Crippen LogP contribution < -0.4 is 18.9 Å². The third-order valence-electron chi connectivity index (χ3n) is 6.03. The van der Waals surface area contributed by atoms with E-state index in [1.165, 1.54) is 33.1 Å². The van der Waals surface area contributed by atoms with Crippen LogP contribution in [0.25, 0.3) is 16.4 Å². The molecule has 0 bridgehead atoms. The summed E-state index contributed by atoms with van der Waals surface area (Å²) in [6.07, 6.45) is 1.91. The fraction of sp³-hybridized carbons (Fsp3) is 0.138. The molecule has 0 saturated heterocycles. The number of esters is 1. The van der Waals surface area contributed by atoms with Crippen LogP contribution in [-0.2, 0) is 4.74 Å². The quantitative estimate of drug-likeness (QED) is 0.231. The van der Waals surface area contributed by atoms with Crippen LogP contribution in [0.2, 0.25) is 5.02 Å². The summed E-state index contributed by atoms with van der Waals surface area (Å²) in [6.45, 7) is 0. The lowest BCUT2D eigenvalue weighted by atomic mass is 10.1. The van der Waals surface area contributed by atoms with Gasteiger partial charge in [-0.25, -0.2) is 4.79 Å². The number of fused-ring (bicyclic) bond motifs is 3. The molecule has 0 N–H and O–H groups in total. The molecule has 194 valence electrons. The summed E-state index contributed by atoms with van der Waals surface area (Å²) < 4.78 is 29.7. The van der Waals surface area contributed by atoms with Crippen molar-refractivity contribution in [2.45, 2.75) is 4.90 Å². The van der Waals surface area contributed by atoms with E-state index in [1.54, 1.807) is 19.2 Å². The molecular weight excluding hydrogens is 526 g/mol. The average molecular weight is 550 g/mol. The second-order valence-corrected chi connectivity index (χ2v) is 9.66. The highest BCUT2D eigenvalue weighted by atomic mass is 35.5. The zero-order valence-corrected chi connectivity index (χ0v) is 22.7. The summed E-state index contributed by atoms with van der Waals surface area (Å²) in [5.41, 5.74) is 2.69. The number of carbonyl (C=O) groups excluding carboxylic acids is 1. The van der Waals surface area contributed by atoms with Gasteiger partial charge in [-0.05, 0) is 60.2 Å². The van der Waals surface area contributed by atoms with Gasteiger partial charge in [-0.15, -0.1) is 0 Å². The van der Waals surface area contributed by atoms with Gasteiger partial charge in [0.2, 0.25) is 5.75 Å². The maximum Gasteiger partial charge on any atom is 0.343 e. The maximum atomic E-state index is 13.6. The van der Waals surface area contributed by atoms with Gasteiger partial charge in [0.05, 0.1) is 50.3 Å². The number of benzene rings is 3. The third kappa shape index (κ3) is 4.68. The van der Waals surface area contributed by atoms with Gasteiger partial charge < -0.3 is 28.3 Å². The van der Waals surface area contributed by atoms with Crippen LogP contribution in [-0.4, -0.2) is 39.0 Å². The summed E-state index contributed by atoms with van der Waals surface area (Å²) in [7, 11) is 6.11. The Morgan fingerprint density at radius 2 is 1.55 bits per heavy atom. The minimum atomic E-state index is -0.581. The van der Waals surface area contributed by atoms with Crippen molar-refractivity contribution >= 4 is 40.0 Å². The molecule has 1 aliphatic rings. The Kier molecular flexibility index (Phi) is 7.26. The standard InChI is InChI=1S/C29H24ClNO6S/c1-33-20-10-7-17(8-11-20)28-26(21-6-5-13-31(21)22-16-19(30)9-12-25(22)38-28)37-29(32)18-14-23(34-2)27(36-4)24(15-18)35-3/h5-16H,1-4H3. The third-order valence-corrected chi connectivity index (χ3v) is 7.45. The van der Waals surface area contributed by atoms with Crippen LogP contribution in [0.1, 0.15) is 21.6 Å². The Labute approximate surface area is 229 Å². The fourth-order valence-electron chi connectivity index (χ4n) is 4.20. The molecule has 2 heterocycles. The van der Waals surface area contributed by atoms with Crippen LogP contribution in [0, 0.1) is 0 Å². The van der Waals surface area contributed by atoms with E-state index in [1.807, 2.05) is 65.4 Å². The van der Waals surface area contributed by atoms with Crippen LogP contribution in [0.4, 0.5) is 0 Å². The molecule has 0 aliphatic carbocycles. The molecule has 0 fully saturated rings. The van der Waals surface area contributed by atoms with Crippen molar-refractivity contribution in [1.82, 2.24) is 4.57 Å². The molecule has 7 nitrogen and oxygen atoms in total. The molecule has 0 amide bonds. The summed E-state index contributed by atoms with van der Waals surface area (Å²) in [5, 5.41) is 0.605. The number of methoxy groups -OCH3 is 4. The van der Waals surface area contributed by atoms with E-state index >= 15 is 0 Å². The normalized spacial score (nSPS) is 12.2. The highest BCUT2D eigenvalue weighted by Crippen LogP contribution is 2.47. The number of thioether (sulfide) groups is 1. The second-order valence-electron chi connectivity index (χ2n) is 8.17. The van der Waals surface area contributed by atoms with Crippen molar-refractivity contribution in [3.63, 3.8) is 0 Å². The molecular formula is C29H24ClNO6S. The lowest BCUT2D eigenvalue weighted by Gasteiger charge is -2.16. The molecule has 9 heteroatoms. The van der Waals surface area contributed by atoms with Gasteiger partial charge in [0.25, 0.3) is 0 Å². The van der Waals surface area contributed by atoms with Crippen LogP contribution in [0.15, 0.2) is 77.8 Å². The number of carbonyl (C=O) groups is 1. The lowest BCUT2D eigenvalue weighted by Crippen LogP contribution is -2.09. The SMILES string of the molecule is COc1ccc(C2=C(OC(=O)c3cc(OC)c(OC)c(OC)c3)c3cccn3-c3cc(Cl)ccc3S2)cc1. The Hall–Kier alpha value is -4.01. The number of rotatable bonds is 7. The monoisotopic (exact) mass is 549 g/mol. The number of nitrogens with zero attached hydrogens (tertiary/aromatic N) is 1. The molecule has 4 aromatic rings. The van der Waals surface area contributed by atoms with Crippen molar-refractivity contribution in [2.75, 3.05) is 28.4 Å². The summed E-state index contributed by atoms with van der Waals surface area (Å²) >= 11 is 7.86. The topological polar surface area (TPSA) is 68.2 Å². The number of halogens is 1. The Balaban J connectivity index is 1.67. The molecule has 3 aromatic carbocycles. The first kappa shape index (κ1) is 25.6. The predicted molar refractivity (Wildman–Crippen MR) is 148 cm³/mol. The van der Waals surface area contributed by atoms with E-state index < -0.39 is 5.97 Å². The van der Waals surface area contributed by atoms with E-state index in [9.17, 15) is 4.79 Å². The van der Waals surface area contributed by atoms with Crippen LogP contribution >= 0.6 is 23.4 Å². The molecule has 0 atom stereocenters. The molecule has 1 aromatic heterocycles. The smallest absolute Gasteiger partial charge is 0.343 e. The second kappa shape index (κ2) is 10.8. The molecule has 0 unspecified atom stereocenters. The van der Waals surface area contributed by atoms with Crippen molar-refractivity contribution < 1.29 is 28.5 Å². The zero-order chi connectivity index (χ0) is 26.8. The van der Waals surface area contributed by atoms with Crippen LogP contribution in [0.3, 0.4) is 0 Å². The van der Waals surface area contributed by atoms with Gasteiger partial charge in [0, 0.05) is 16.1 Å². The van der Waals surface area contributed by atoms with Gasteiger partial charge in [0.15, 0.2) is 17.3 Å². The minimum Gasteiger partial charge on any atom is -0.497 e. The van der Waals surface area contributed by atoms with Crippen molar-refractivity contribution in [3.05, 3.63) is 94.8 Å². The van der Waals surface area contributed by atoms with E-state index in [0.717, 1.165) is 26.8 Å². The van der Waals surface area contributed by atoms with Gasteiger partial charge in [-0.2, -0.15) is 0 Å². The maximum absolute atomic E-state index is 13.6.